The highest BCUT2D eigenvalue weighted by Crippen LogP contribution is 2.42. The topological polar surface area (TPSA) is 55.2 Å². The van der Waals surface area contributed by atoms with Crippen LogP contribution in [0.5, 0.6) is 0 Å². The van der Waals surface area contributed by atoms with Crippen molar-refractivity contribution in [3.8, 4) is 11.3 Å². The lowest BCUT2D eigenvalue weighted by Gasteiger charge is -2.47. The van der Waals surface area contributed by atoms with Crippen molar-refractivity contribution in [2.24, 2.45) is 17.8 Å². The number of rotatable bonds is 3. The van der Waals surface area contributed by atoms with E-state index in [1.165, 1.54) is 6.42 Å². The molecular weight excluding hydrogens is 338 g/mol. The summed E-state index contributed by atoms with van der Waals surface area (Å²) in [6.07, 6.45) is 3.27. The van der Waals surface area contributed by atoms with E-state index in [2.05, 4.69) is 0 Å². The van der Waals surface area contributed by atoms with Gasteiger partial charge >= 0.3 is 0 Å². The SMILES string of the molecule is CC(C)C(=O)N1C[C@@H]2CCC[C@@H](C1)C2n1nc(-c2ccccc2)ccc1=O. The maximum absolute atomic E-state index is 12.7. The van der Waals surface area contributed by atoms with Gasteiger partial charge in [0.1, 0.15) is 0 Å². The van der Waals surface area contributed by atoms with Gasteiger partial charge in [0.05, 0.1) is 11.7 Å². The molecule has 1 amide bonds. The fourth-order valence-electron chi connectivity index (χ4n) is 4.75. The van der Waals surface area contributed by atoms with Gasteiger partial charge < -0.3 is 4.90 Å². The highest BCUT2D eigenvalue weighted by atomic mass is 16.2. The summed E-state index contributed by atoms with van der Waals surface area (Å²) >= 11 is 0. The number of aromatic nitrogens is 2. The summed E-state index contributed by atoms with van der Waals surface area (Å²) in [5.74, 6) is 0.848. The van der Waals surface area contributed by atoms with Crippen LogP contribution >= 0.6 is 0 Å². The number of carbonyl (C=O) groups is 1. The van der Waals surface area contributed by atoms with Gasteiger partial charge in [-0.1, -0.05) is 50.6 Å². The maximum atomic E-state index is 12.7. The molecule has 2 bridgehead atoms. The molecule has 4 rings (SSSR count). The number of nitrogens with zero attached hydrogens (tertiary/aromatic N) is 3. The lowest BCUT2D eigenvalue weighted by atomic mass is 9.73. The summed E-state index contributed by atoms with van der Waals surface area (Å²) in [4.78, 5) is 27.2. The second kappa shape index (κ2) is 7.29. The van der Waals surface area contributed by atoms with Crippen LogP contribution in [0.2, 0.25) is 0 Å². The van der Waals surface area contributed by atoms with Crippen molar-refractivity contribution in [2.75, 3.05) is 13.1 Å². The first-order valence-corrected chi connectivity index (χ1v) is 9.98. The van der Waals surface area contributed by atoms with E-state index in [0.717, 1.165) is 37.2 Å². The Morgan fingerprint density at radius 1 is 1.04 bits per heavy atom. The minimum Gasteiger partial charge on any atom is -0.342 e. The minimum absolute atomic E-state index is 0.0181. The summed E-state index contributed by atoms with van der Waals surface area (Å²) < 4.78 is 1.72. The van der Waals surface area contributed by atoms with Crippen molar-refractivity contribution in [3.63, 3.8) is 0 Å². The van der Waals surface area contributed by atoms with E-state index in [-0.39, 0.29) is 23.4 Å². The van der Waals surface area contributed by atoms with Gasteiger partial charge in [-0.2, -0.15) is 5.10 Å². The zero-order valence-corrected chi connectivity index (χ0v) is 16.0. The van der Waals surface area contributed by atoms with E-state index < -0.39 is 0 Å². The Kier molecular flexibility index (Phi) is 4.85. The summed E-state index contributed by atoms with van der Waals surface area (Å²) in [6, 6.07) is 13.5. The average Bonchev–Trinajstić information content (AvgIpc) is 2.67. The fraction of sp³-hybridized carbons (Fsp3) is 0.500. The molecule has 1 aromatic heterocycles. The highest BCUT2D eigenvalue weighted by Gasteiger charge is 2.43. The highest BCUT2D eigenvalue weighted by molar-refractivity contribution is 5.78. The summed E-state index contributed by atoms with van der Waals surface area (Å²) in [5.41, 5.74) is 1.80. The van der Waals surface area contributed by atoms with Crippen molar-refractivity contribution in [2.45, 2.75) is 39.2 Å². The molecule has 1 aliphatic heterocycles. The molecule has 1 aliphatic carbocycles. The van der Waals surface area contributed by atoms with Crippen LogP contribution in [-0.2, 0) is 4.79 Å². The van der Waals surface area contributed by atoms with Crippen molar-refractivity contribution in [1.29, 1.82) is 0 Å². The Balaban J connectivity index is 1.67. The number of benzene rings is 1. The Morgan fingerprint density at radius 3 is 2.33 bits per heavy atom. The van der Waals surface area contributed by atoms with E-state index in [0.29, 0.717) is 11.8 Å². The normalized spacial score (nSPS) is 24.9. The van der Waals surface area contributed by atoms with Gasteiger partial charge in [-0.05, 0) is 30.7 Å². The van der Waals surface area contributed by atoms with E-state index in [1.807, 2.05) is 49.1 Å². The number of amides is 1. The van der Waals surface area contributed by atoms with Crippen molar-refractivity contribution in [1.82, 2.24) is 14.7 Å². The van der Waals surface area contributed by atoms with E-state index in [1.54, 1.807) is 16.8 Å². The van der Waals surface area contributed by atoms with E-state index in [9.17, 15) is 9.59 Å². The van der Waals surface area contributed by atoms with Crippen LogP contribution in [0, 0.1) is 17.8 Å². The van der Waals surface area contributed by atoms with Gasteiger partial charge in [-0.25, -0.2) is 4.68 Å². The maximum Gasteiger partial charge on any atom is 0.267 e. The second-order valence-corrected chi connectivity index (χ2v) is 8.21. The molecule has 5 nitrogen and oxygen atoms in total. The Labute approximate surface area is 160 Å². The third-order valence-corrected chi connectivity index (χ3v) is 6.01. The molecule has 2 aromatic rings. The van der Waals surface area contributed by atoms with Crippen LogP contribution < -0.4 is 5.56 Å². The molecule has 0 N–H and O–H groups in total. The predicted molar refractivity (Wildman–Crippen MR) is 105 cm³/mol. The molecule has 2 atom stereocenters. The zero-order chi connectivity index (χ0) is 19.0. The molecule has 1 aromatic carbocycles. The van der Waals surface area contributed by atoms with Crippen LogP contribution in [0.1, 0.15) is 39.2 Å². The third kappa shape index (κ3) is 3.43. The van der Waals surface area contributed by atoms with Crippen LogP contribution in [-0.4, -0.2) is 33.7 Å². The van der Waals surface area contributed by atoms with Gasteiger partial charge in [0.15, 0.2) is 0 Å². The number of likely N-dealkylation sites (tertiary alicyclic amines) is 1. The first-order valence-electron chi connectivity index (χ1n) is 9.98. The summed E-state index contributed by atoms with van der Waals surface area (Å²) in [6.45, 7) is 5.39. The number of hydrogen-bond donors (Lipinski definition) is 0. The van der Waals surface area contributed by atoms with Crippen molar-refractivity contribution >= 4 is 5.91 Å². The molecule has 1 saturated heterocycles. The van der Waals surface area contributed by atoms with Crippen LogP contribution in [0.25, 0.3) is 11.3 Å². The van der Waals surface area contributed by atoms with Crippen molar-refractivity contribution < 1.29 is 4.79 Å². The summed E-state index contributed by atoms with van der Waals surface area (Å²) in [7, 11) is 0. The van der Waals surface area contributed by atoms with Gasteiger partial charge in [0.2, 0.25) is 5.91 Å². The van der Waals surface area contributed by atoms with Crippen molar-refractivity contribution in [3.05, 3.63) is 52.8 Å². The van der Waals surface area contributed by atoms with Gasteiger partial charge in [-0.3, -0.25) is 9.59 Å². The smallest absolute Gasteiger partial charge is 0.267 e. The minimum atomic E-state index is -0.0415. The first-order chi connectivity index (χ1) is 13.0. The van der Waals surface area contributed by atoms with E-state index >= 15 is 0 Å². The lowest BCUT2D eigenvalue weighted by molar-refractivity contribution is -0.140. The molecule has 0 spiro atoms. The van der Waals surface area contributed by atoms with Crippen LogP contribution in [0.3, 0.4) is 0 Å². The molecule has 27 heavy (non-hydrogen) atoms. The molecule has 0 unspecified atom stereocenters. The quantitative estimate of drug-likeness (QED) is 0.838. The van der Waals surface area contributed by atoms with Gasteiger partial charge in [-0.15, -0.1) is 0 Å². The fourth-order valence-corrected chi connectivity index (χ4v) is 4.75. The van der Waals surface area contributed by atoms with Gasteiger partial charge in [0, 0.05) is 30.6 Å². The van der Waals surface area contributed by atoms with Gasteiger partial charge in [0.25, 0.3) is 5.56 Å². The Bertz CT molecular complexity index is 861. The molecule has 5 heteroatoms. The monoisotopic (exact) mass is 365 g/mol. The van der Waals surface area contributed by atoms with Crippen LogP contribution in [0.4, 0.5) is 0 Å². The Hall–Kier alpha value is -2.43. The molecule has 2 fully saturated rings. The second-order valence-electron chi connectivity index (χ2n) is 8.21. The number of carbonyl (C=O) groups excluding carboxylic acids is 1. The largest absolute Gasteiger partial charge is 0.342 e. The van der Waals surface area contributed by atoms with Crippen LogP contribution in [0.15, 0.2) is 47.3 Å². The lowest BCUT2D eigenvalue weighted by Crippen LogP contribution is -2.53. The molecule has 1 saturated carbocycles. The van der Waals surface area contributed by atoms with E-state index in [4.69, 9.17) is 5.10 Å². The molecular formula is C22H27N3O2. The number of piperidine rings is 1. The molecule has 0 radical (unpaired) electrons. The molecule has 2 heterocycles. The number of hydrogen-bond acceptors (Lipinski definition) is 3. The zero-order valence-electron chi connectivity index (χ0n) is 16.0. The summed E-state index contributed by atoms with van der Waals surface area (Å²) in [5, 5.41) is 4.75. The Morgan fingerprint density at radius 2 is 1.70 bits per heavy atom. The molecule has 2 aliphatic rings. The predicted octanol–water partition coefficient (Wildman–Crippen LogP) is 3.37. The number of fused-ring (bicyclic) bond motifs is 2. The molecule has 142 valence electrons. The standard InChI is InChI=1S/C22H27N3O2/c1-15(2)22(27)24-13-17-9-6-10-18(14-24)21(17)25-20(26)12-11-19(23-25)16-7-4-3-5-8-16/h3-5,7-8,11-12,15,17-18,21H,6,9-10,13-14H2,1-2H3/t17-,18-/m0/s1. The average molecular weight is 365 g/mol. The third-order valence-electron chi connectivity index (χ3n) is 6.01. The first kappa shape index (κ1) is 18.0.